The van der Waals surface area contributed by atoms with E-state index < -0.39 is 0 Å². The summed E-state index contributed by atoms with van der Waals surface area (Å²) in [6, 6.07) is 13.4. The molecule has 2 N–H and O–H groups in total. The second-order valence-corrected chi connectivity index (χ2v) is 5.71. The smallest absolute Gasteiger partial charge is 0.255 e. The molecule has 0 aliphatic heterocycles. The molecule has 2 heterocycles. The lowest BCUT2D eigenvalue weighted by atomic mass is 10.1. The molecule has 0 aliphatic rings. The molecule has 0 aliphatic carbocycles. The van der Waals surface area contributed by atoms with Gasteiger partial charge in [0.1, 0.15) is 5.82 Å². The SMILES string of the molecule is Cc1nc2ccc(NC(=O)c3ccc4c(ccn4C)c3)cc2[nH]1. The van der Waals surface area contributed by atoms with E-state index in [2.05, 4.69) is 15.3 Å². The molecule has 0 bridgehead atoms. The van der Waals surface area contributed by atoms with Crippen LogP contribution in [-0.4, -0.2) is 20.4 Å². The second kappa shape index (κ2) is 4.98. The van der Waals surface area contributed by atoms with E-state index >= 15 is 0 Å². The van der Waals surface area contributed by atoms with Crippen LogP contribution in [0.3, 0.4) is 0 Å². The molecule has 0 saturated carbocycles. The highest BCUT2D eigenvalue weighted by atomic mass is 16.1. The fraction of sp³-hybridized carbons (Fsp3) is 0.111. The van der Waals surface area contributed by atoms with Crippen molar-refractivity contribution in [3.05, 3.63) is 60.0 Å². The van der Waals surface area contributed by atoms with Crippen molar-refractivity contribution < 1.29 is 4.79 Å². The van der Waals surface area contributed by atoms with Crippen LogP contribution in [0.4, 0.5) is 5.69 Å². The van der Waals surface area contributed by atoms with Gasteiger partial charge in [0.25, 0.3) is 5.91 Å². The van der Waals surface area contributed by atoms with Crippen LogP contribution in [0.2, 0.25) is 0 Å². The standard InChI is InChI=1S/C18H16N4O/c1-11-19-15-5-4-14(10-16(15)20-11)21-18(23)13-3-6-17-12(9-13)7-8-22(17)2/h3-10H,1-2H3,(H,19,20)(H,21,23). The number of hydrogen-bond donors (Lipinski definition) is 2. The van der Waals surface area contributed by atoms with Crippen molar-refractivity contribution >= 4 is 33.5 Å². The molecule has 23 heavy (non-hydrogen) atoms. The van der Waals surface area contributed by atoms with Crippen molar-refractivity contribution in [2.24, 2.45) is 7.05 Å². The lowest BCUT2D eigenvalue weighted by Crippen LogP contribution is -2.11. The van der Waals surface area contributed by atoms with Gasteiger partial charge in [0.05, 0.1) is 11.0 Å². The number of carbonyl (C=O) groups is 1. The monoisotopic (exact) mass is 304 g/mol. The third-order valence-corrected chi connectivity index (χ3v) is 4.01. The van der Waals surface area contributed by atoms with Gasteiger partial charge in [-0.2, -0.15) is 0 Å². The van der Waals surface area contributed by atoms with E-state index in [0.717, 1.165) is 33.4 Å². The summed E-state index contributed by atoms with van der Waals surface area (Å²) in [7, 11) is 1.99. The number of rotatable bonds is 2. The van der Waals surface area contributed by atoms with Crippen LogP contribution >= 0.6 is 0 Å². The van der Waals surface area contributed by atoms with Crippen LogP contribution in [0, 0.1) is 6.92 Å². The third-order valence-electron chi connectivity index (χ3n) is 4.01. The molecule has 0 saturated heterocycles. The highest BCUT2D eigenvalue weighted by Gasteiger charge is 2.09. The van der Waals surface area contributed by atoms with Gasteiger partial charge in [-0.15, -0.1) is 0 Å². The van der Waals surface area contributed by atoms with Gasteiger partial charge in [-0.1, -0.05) is 0 Å². The lowest BCUT2D eigenvalue weighted by Gasteiger charge is -2.06. The van der Waals surface area contributed by atoms with Gasteiger partial charge in [-0.05, 0) is 49.4 Å². The number of H-pyrrole nitrogens is 1. The van der Waals surface area contributed by atoms with E-state index in [-0.39, 0.29) is 5.91 Å². The highest BCUT2D eigenvalue weighted by Crippen LogP contribution is 2.20. The number of benzene rings is 2. The summed E-state index contributed by atoms with van der Waals surface area (Å²) in [5.74, 6) is 0.740. The maximum Gasteiger partial charge on any atom is 0.255 e. The summed E-state index contributed by atoms with van der Waals surface area (Å²) >= 11 is 0. The first-order chi connectivity index (χ1) is 11.1. The fourth-order valence-corrected chi connectivity index (χ4v) is 2.84. The zero-order chi connectivity index (χ0) is 16.0. The van der Waals surface area contributed by atoms with E-state index in [4.69, 9.17) is 0 Å². The molecule has 4 aromatic rings. The second-order valence-electron chi connectivity index (χ2n) is 5.71. The summed E-state index contributed by atoms with van der Waals surface area (Å²) in [5, 5.41) is 3.99. The maximum absolute atomic E-state index is 12.5. The number of aryl methyl sites for hydroxylation is 2. The fourth-order valence-electron chi connectivity index (χ4n) is 2.84. The number of nitrogens with one attached hydrogen (secondary N) is 2. The Hall–Kier alpha value is -3.08. The Balaban J connectivity index is 1.64. The van der Waals surface area contributed by atoms with Gasteiger partial charge >= 0.3 is 0 Å². The van der Waals surface area contributed by atoms with Gasteiger partial charge in [0.2, 0.25) is 0 Å². The quantitative estimate of drug-likeness (QED) is 0.594. The zero-order valence-electron chi connectivity index (χ0n) is 12.9. The van der Waals surface area contributed by atoms with Gasteiger partial charge in [0, 0.05) is 35.4 Å². The lowest BCUT2D eigenvalue weighted by molar-refractivity contribution is 0.102. The minimum atomic E-state index is -0.119. The van der Waals surface area contributed by atoms with Crippen molar-refractivity contribution in [2.75, 3.05) is 5.32 Å². The minimum Gasteiger partial charge on any atom is -0.351 e. The number of hydrogen-bond acceptors (Lipinski definition) is 2. The van der Waals surface area contributed by atoms with Crippen molar-refractivity contribution in [3.63, 3.8) is 0 Å². The molecular weight excluding hydrogens is 288 g/mol. The number of carbonyl (C=O) groups excluding carboxylic acids is 1. The summed E-state index contributed by atoms with van der Waals surface area (Å²) in [6.07, 6.45) is 1.99. The van der Waals surface area contributed by atoms with E-state index in [1.54, 1.807) is 0 Å². The van der Waals surface area contributed by atoms with E-state index in [9.17, 15) is 4.79 Å². The van der Waals surface area contributed by atoms with Crippen LogP contribution in [-0.2, 0) is 7.05 Å². The number of aromatic amines is 1. The molecule has 5 heteroatoms. The first-order valence-electron chi connectivity index (χ1n) is 7.43. The molecule has 2 aromatic heterocycles. The average Bonchev–Trinajstić information content (AvgIpc) is 3.08. The first-order valence-corrected chi connectivity index (χ1v) is 7.43. The summed E-state index contributed by atoms with van der Waals surface area (Å²) in [4.78, 5) is 20.0. The maximum atomic E-state index is 12.5. The number of fused-ring (bicyclic) bond motifs is 2. The first kappa shape index (κ1) is 13.6. The summed E-state index contributed by atoms with van der Waals surface area (Å²) in [5.41, 5.74) is 4.31. The Kier molecular flexibility index (Phi) is 2.94. The molecule has 0 fully saturated rings. The molecule has 4 rings (SSSR count). The Morgan fingerprint density at radius 1 is 1.17 bits per heavy atom. The van der Waals surface area contributed by atoms with Gasteiger partial charge in [0.15, 0.2) is 0 Å². The molecule has 0 unspecified atom stereocenters. The molecule has 0 spiro atoms. The Bertz CT molecular complexity index is 1040. The van der Waals surface area contributed by atoms with E-state index in [1.165, 1.54) is 0 Å². The minimum absolute atomic E-state index is 0.119. The van der Waals surface area contributed by atoms with Crippen molar-refractivity contribution in [1.82, 2.24) is 14.5 Å². The number of anilines is 1. The van der Waals surface area contributed by atoms with Crippen molar-refractivity contribution in [2.45, 2.75) is 6.92 Å². The number of imidazole rings is 1. The molecule has 5 nitrogen and oxygen atoms in total. The molecule has 0 atom stereocenters. The van der Waals surface area contributed by atoms with Crippen LogP contribution < -0.4 is 5.32 Å². The van der Waals surface area contributed by atoms with E-state index in [1.807, 2.05) is 67.2 Å². The molecule has 1 amide bonds. The average molecular weight is 304 g/mol. The number of nitrogens with zero attached hydrogens (tertiary/aromatic N) is 2. The van der Waals surface area contributed by atoms with Gasteiger partial charge in [-0.3, -0.25) is 4.79 Å². The van der Waals surface area contributed by atoms with E-state index in [0.29, 0.717) is 5.56 Å². The summed E-state index contributed by atoms with van der Waals surface area (Å²) < 4.78 is 2.03. The Morgan fingerprint density at radius 2 is 2.04 bits per heavy atom. The summed E-state index contributed by atoms with van der Waals surface area (Å²) in [6.45, 7) is 1.91. The van der Waals surface area contributed by atoms with Gasteiger partial charge in [-0.25, -0.2) is 4.98 Å². The predicted molar refractivity (Wildman–Crippen MR) is 91.7 cm³/mol. The molecule has 0 radical (unpaired) electrons. The van der Waals surface area contributed by atoms with Crippen LogP contribution in [0.1, 0.15) is 16.2 Å². The zero-order valence-corrected chi connectivity index (χ0v) is 12.9. The molecular formula is C18H16N4O. The molecule has 2 aromatic carbocycles. The topological polar surface area (TPSA) is 62.7 Å². The van der Waals surface area contributed by atoms with Gasteiger partial charge < -0.3 is 14.9 Å². The third kappa shape index (κ3) is 2.36. The number of aromatic nitrogens is 3. The van der Waals surface area contributed by atoms with Crippen molar-refractivity contribution in [3.8, 4) is 0 Å². The predicted octanol–water partition coefficient (Wildman–Crippen LogP) is 3.62. The Morgan fingerprint density at radius 3 is 2.91 bits per heavy atom. The Labute approximate surface area is 133 Å². The normalized spacial score (nSPS) is 11.2. The largest absolute Gasteiger partial charge is 0.351 e. The van der Waals surface area contributed by atoms with Crippen LogP contribution in [0.5, 0.6) is 0 Å². The highest BCUT2D eigenvalue weighted by molar-refractivity contribution is 6.06. The van der Waals surface area contributed by atoms with Crippen molar-refractivity contribution in [1.29, 1.82) is 0 Å². The number of amides is 1. The van der Waals surface area contributed by atoms with Crippen LogP contribution in [0.15, 0.2) is 48.7 Å². The molecule has 114 valence electrons. The van der Waals surface area contributed by atoms with Crippen LogP contribution in [0.25, 0.3) is 21.9 Å².